The second-order valence-electron chi connectivity index (χ2n) is 6.76. The fraction of sp³-hybridized carbons (Fsp3) is 0.611. The molecule has 28 heavy (non-hydrogen) atoms. The van der Waals surface area contributed by atoms with E-state index in [1.165, 1.54) is 22.7 Å². The van der Waals surface area contributed by atoms with Crippen LogP contribution in [0.2, 0.25) is 0 Å². The van der Waals surface area contributed by atoms with Gasteiger partial charge in [0.25, 0.3) is 0 Å². The molecule has 0 spiro atoms. The minimum absolute atomic E-state index is 0. The second kappa shape index (κ2) is 11.8. The van der Waals surface area contributed by atoms with Crippen LogP contribution < -0.4 is 10.1 Å². The summed E-state index contributed by atoms with van der Waals surface area (Å²) < 4.78 is 43.2. The number of nitrogens with zero attached hydrogens (tertiary/aromatic N) is 3. The predicted octanol–water partition coefficient (Wildman–Crippen LogP) is 2.00. The summed E-state index contributed by atoms with van der Waals surface area (Å²) in [7, 11) is 0.566. The lowest BCUT2D eigenvalue weighted by atomic mass is 9.98. The first-order valence-corrected chi connectivity index (χ1v) is 10.9. The van der Waals surface area contributed by atoms with E-state index in [-0.39, 0.29) is 29.8 Å². The molecule has 0 atom stereocenters. The maximum Gasteiger partial charge on any atom is 0.211 e. The van der Waals surface area contributed by atoms with E-state index in [4.69, 9.17) is 4.74 Å². The maximum atomic E-state index is 12.9. The topological polar surface area (TPSA) is 74.2 Å². The van der Waals surface area contributed by atoms with Gasteiger partial charge in [0.05, 0.1) is 12.8 Å². The summed E-state index contributed by atoms with van der Waals surface area (Å²) in [4.78, 5) is 6.25. The minimum Gasteiger partial charge on any atom is -0.492 e. The van der Waals surface area contributed by atoms with Crippen LogP contribution in [0.1, 0.15) is 12.8 Å². The molecule has 0 radical (unpaired) electrons. The summed E-state index contributed by atoms with van der Waals surface area (Å²) in [5, 5.41) is 3.35. The summed E-state index contributed by atoms with van der Waals surface area (Å²) in [6.07, 6.45) is 2.94. The zero-order chi connectivity index (χ0) is 19.9. The zero-order valence-electron chi connectivity index (χ0n) is 16.6. The standard InChI is InChI=1S/C18H29FN4O3S.HI/c1-20-18(21-14-15-8-10-23(11-9-15)27(3,24)25)22(2)12-13-26-17-6-4-16(19)5-7-17;/h4-7,15H,8-14H2,1-3H3,(H,20,21);1H. The monoisotopic (exact) mass is 528 g/mol. The summed E-state index contributed by atoms with van der Waals surface area (Å²) in [6, 6.07) is 5.94. The molecule has 1 aliphatic heterocycles. The fourth-order valence-electron chi connectivity index (χ4n) is 3.00. The van der Waals surface area contributed by atoms with Gasteiger partial charge in [-0.25, -0.2) is 17.1 Å². The Morgan fingerprint density at radius 1 is 1.32 bits per heavy atom. The molecule has 0 amide bonds. The van der Waals surface area contributed by atoms with Crippen LogP contribution >= 0.6 is 24.0 Å². The summed E-state index contributed by atoms with van der Waals surface area (Å²) in [5.74, 6) is 1.53. The van der Waals surface area contributed by atoms with Crippen LogP contribution in [0.25, 0.3) is 0 Å². The van der Waals surface area contributed by atoms with Crippen molar-refractivity contribution >= 4 is 40.0 Å². The Morgan fingerprint density at radius 2 is 1.93 bits per heavy atom. The van der Waals surface area contributed by atoms with Crippen molar-refractivity contribution in [1.82, 2.24) is 14.5 Å². The molecule has 1 fully saturated rings. The number of piperidine rings is 1. The van der Waals surface area contributed by atoms with Gasteiger partial charge in [-0.15, -0.1) is 24.0 Å². The van der Waals surface area contributed by atoms with Gasteiger partial charge in [0.2, 0.25) is 10.0 Å². The number of hydrogen-bond acceptors (Lipinski definition) is 4. The Morgan fingerprint density at radius 3 is 2.46 bits per heavy atom. The van der Waals surface area contributed by atoms with E-state index in [9.17, 15) is 12.8 Å². The molecule has 10 heteroatoms. The molecular formula is C18H30FIN4O3S. The van der Waals surface area contributed by atoms with Gasteiger partial charge in [-0.1, -0.05) is 0 Å². The van der Waals surface area contributed by atoms with Crippen LogP contribution in [0.3, 0.4) is 0 Å². The quantitative estimate of drug-likeness (QED) is 0.333. The number of ether oxygens (including phenoxy) is 1. The molecule has 1 aromatic rings. The zero-order valence-corrected chi connectivity index (χ0v) is 19.7. The number of halogens is 2. The number of hydrogen-bond donors (Lipinski definition) is 1. The molecule has 0 aliphatic carbocycles. The van der Waals surface area contributed by atoms with Gasteiger partial charge < -0.3 is 15.0 Å². The molecule has 1 heterocycles. The Bertz CT molecular complexity index is 723. The number of benzene rings is 1. The van der Waals surface area contributed by atoms with Gasteiger partial charge in [-0.05, 0) is 43.0 Å². The van der Waals surface area contributed by atoms with Crippen molar-refractivity contribution in [3.05, 3.63) is 30.1 Å². The Labute approximate surface area is 184 Å². The third-order valence-electron chi connectivity index (χ3n) is 4.67. The van der Waals surface area contributed by atoms with E-state index in [0.717, 1.165) is 25.3 Å². The van der Waals surface area contributed by atoms with Crippen LogP contribution in [0, 0.1) is 11.7 Å². The third-order valence-corrected chi connectivity index (χ3v) is 5.98. The van der Waals surface area contributed by atoms with Crippen LogP contribution in [-0.2, 0) is 10.0 Å². The summed E-state index contributed by atoms with van der Waals surface area (Å²) >= 11 is 0. The average Bonchev–Trinajstić information content (AvgIpc) is 2.63. The van der Waals surface area contributed by atoms with E-state index in [1.807, 2.05) is 11.9 Å². The molecule has 0 unspecified atom stereocenters. The molecule has 0 aromatic heterocycles. The minimum atomic E-state index is -3.09. The normalized spacial score (nSPS) is 16.4. The van der Waals surface area contributed by atoms with Crippen molar-refractivity contribution in [3.8, 4) is 5.75 Å². The fourth-order valence-corrected chi connectivity index (χ4v) is 3.88. The summed E-state index contributed by atoms with van der Waals surface area (Å²) in [6.45, 7) is 2.99. The Balaban J connectivity index is 0.00000392. The van der Waals surface area contributed by atoms with Gasteiger partial charge in [0, 0.05) is 33.7 Å². The number of rotatable bonds is 7. The van der Waals surface area contributed by atoms with Crippen LogP contribution in [-0.4, -0.2) is 76.7 Å². The maximum absolute atomic E-state index is 12.9. The van der Waals surface area contributed by atoms with Crippen molar-refractivity contribution in [1.29, 1.82) is 0 Å². The molecule has 160 valence electrons. The first-order valence-electron chi connectivity index (χ1n) is 9.05. The number of nitrogens with one attached hydrogen (secondary N) is 1. The Kier molecular flexibility index (Phi) is 10.5. The SMILES string of the molecule is CN=C(NCC1CCN(S(C)(=O)=O)CC1)N(C)CCOc1ccc(F)cc1.I. The number of likely N-dealkylation sites (N-methyl/N-ethyl adjacent to an activating group) is 1. The molecule has 0 bridgehead atoms. The van der Waals surface area contributed by atoms with Crippen molar-refractivity contribution in [3.63, 3.8) is 0 Å². The Hall–Kier alpha value is -1.14. The molecule has 7 nitrogen and oxygen atoms in total. The smallest absolute Gasteiger partial charge is 0.211 e. The van der Waals surface area contributed by atoms with E-state index in [1.54, 1.807) is 19.2 Å². The first kappa shape index (κ1) is 24.9. The second-order valence-corrected chi connectivity index (χ2v) is 8.74. The van der Waals surface area contributed by atoms with E-state index >= 15 is 0 Å². The van der Waals surface area contributed by atoms with Gasteiger partial charge >= 0.3 is 0 Å². The highest BCUT2D eigenvalue weighted by molar-refractivity contribution is 14.0. The number of guanidine groups is 1. The van der Waals surface area contributed by atoms with Crippen LogP contribution in [0.15, 0.2) is 29.3 Å². The molecule has 1 aliphatic rings. The predicted molar refractivity (Wildman–Crippen MR) is 120 cm³/mol. The molecule has 1 aromatic carbocycles. The van der Waals surface area contributed by atoms with Gasteiger partial charge in [-0.3, -0.25) is 4.99 Å². The van der Waals surface area contributed by atoms with Crippen molar-refractivity contribution in [2.75, 3.05) is 53.1 Å². The molecule has 2 rings (SSSR count). The van der Waals surface area contributed by atoms with E-state index in [2.05, 4.69) is 10.3 Å². The lowest BCUT2D eigenvalue weighted by molar-refractivity contribution is 0.267. The van der Waals surface area contributed by atoms with Crippen LogP contribution in [0.5, 0.6) is 5.75 Å². The lowest BCUT2D eigenvalue weighted by Crippen LogP contribution is -2.45. The molecule has 1 N–H and O–H groups in total. The van der Waals surface area contributed by atoms with Gasteiger partial charge in [0.1, 0.15) is 18.2 Å². The summed E-state index contributed by atoms with van der Waals surface area (Å²) in [5.41, 5.74) is 0. The van der Waals surface area contributed by atoms with Crippen molar-refractivity contribution < 1.29 is 17.5 Å². The third kappa shape index (κ3) is 8.08. The first-order chi connectivity index (χ1) is 12.8. The van der Waals surface area contributed by atoms with Crippen molar-refractivity contribution in [2.24, 2.45) is 10.9 Å². The molecule has 1 saturated heterocycles. The highest BCUT2D eigenvalue weighted by Gasteiger charge is 2.25. The van der Waals surface area contributed by atoms with Crippen molar-refractivity contribution in [2.45, 2.75) is 12.8 Å². The molecular weight excluding hydrogens is 498 g/mol. The van der Waals surface area contributed by atoms with Gasteiger partial charge in [0.15, 0.2) is 5.96 Å². The highest BCUT2D eigenvalue weighted by atomic mass is 127. The lowest BCUT2D eigenvalue weighted by Gasteiger charge is -2.31. The van der Waals surface area contributed by atoms with E-state index < -0.39 is 10.0 Å². The average molecular weight is 528 g/mol. The number of aliphatic imine (C=N–C) groups is 1. The van der Waals surface area contributed by atoms with E-state index in [0.29, 0.717) is 37.9 Å². The highest BCUT2D eigenvalue weighted by Crippen LogP contribution is 2.18. The van der Waals surface area contributed by atoms with Gasteiger partial charge in [-0.2, -0.15) is 0 Å². The molecule has 0 saturated carbocycles. The largest absolute Gasteiger partial charge is 0.492 e. The number of sulfonamides is 1. The van der Waals surface area contributed by atoms with Crippen LogP contribution in [0.4, 0.5) is 4.39 Å².